The third-order valence-corrected chi connectivity index (χ3v) is 14.6. The van der Waals surface area contributed by atoms with Crippen molar-refractivity contribution in [2.24, 2.45) is 34.5 Å². The second kappa shape index (κ2) is 12.5. The number of aryl methyl sites for hydroxylation is 1. The Labute approximate surface area is 284 Å². The summed E-state index contributed by atoms with van der Waals surface area (Å²) in [5.74, 6) is 4.87. The minimum absolute atomic E-state index is 0.0716. The van der Waals surface area contributed by atoms with E-state index in [1.807, 2.05) is 12.1 Å². The van der Waals surface area contributed by atoms with Gasteiger partial charge in [-0.2, -0.15) is 0 Å². The highest BCUT2D eigenvalue weighted by Crippen LogP contribution is 2.63. The number of aliphatic hydroxyl groups is 2. The van der Waals surface area contributed by atoms with E-state index in [0.29, 0.717) is 47.0 Å². The molecule has 6 aliphatic rings. The number of fused-ring (bicyclic) bond motifs is 10. The lowest BCUT2D eigenvalue weighted by molar-refractivity contribution is -0.0227. The van der Waals surface area contributed by atoms with E-state index < -0.39 is 7.82 Å². The van der Waals surface area contributed by atoms with Crippen LogP contribution in [0.2, 0.25) is 0 Å². The second-order valence-corrected chi connectivity index (χ2v) is 17.2. The minimum Gasteiger partial charge on any atom is -0.502 e. The summed E-state index contributed by atoms with van der Waals surface area (Å²) >= 11 is 0. The summed E-state index contributed by atoms with van der Waals surface area (Å²) < 4.78 is 26.7. The molecule has 6 aliphatic carbocycles. The average Bonchev–Trinajstić information content (AvgIpc) is 3.53. The number of phenols is 1. The number of aliphatic hydroxyl groups excluding tert-OH is 2. The molecule has 2 aromatic carbocycles. The van der Waals surface area contributed by atoms with Crippen LogP contribution in [0.4, 0.5) is 0 Å². The molecule has 4 saturated carbocycles. The van der Waals surface area contributed by atoms with Gasteiger partial charge < -0.3 is 29.3 Å². The number of phosphoric acid groups is 1. The van der Waals surface area contributed by atoms with Crippen LogP contribution in [0.5, 0.6) is 23.0 Å². The Bertz CT molecular complexity index is 1590. The Hall–Kier alpha value is -2.29. The smallest absolute Gasteiger partial charge is 0.502 e. The van der Waals surface area contributed by atoms with Crippen LogP contribution in [0.3, 0.4) is 0 Å². The first-order chi connectivity index (χ1) is 22.8. The molecule has 2 aromatic rings. The van der Waals surface area contributed by atoms with E-state index in [4.69, 9.17) is 23.8 Å². The number of aromatic hydroxyl groups is 1. The summed E-state index contributed by atoms with van der Waals surface area (Å²) in [5.41, 5.74) is 5.07. The average molecular weight is 685 g/mol. The fourth-order valence-electron chi connectivity index (χ4n) is 11.7. The van der Waals surface area contributed by atoms with Gasteiger partial charge in [-0.3, -0.25) is 9.79 Å². The van der Waals surface area contributed by atoms with Crippen molar-refractivity contribution >= 4 is 7.82 Å². The summed E-state index contributed by atoms with van der Waals surface area (Å²) in [6.45, 7) is 4.55. The van der Waals surface area contributed by atoms with E-state index in [1.165, 1.54) is 11.1 Å². The highest BCUT2D eigenvalue weighted by atomic mass is 31.2. The summed E-state index contributed by atoms with van der Waals surface area (Å²) in [7, 11) is -1.30. The molecule has 0 radical (unpaired) electrons. The SMILES string of the molecule is COc1cc2c(c(OC)c1O)CC[C@@H]1[C@@H]2CC[C@]2(C)C(O)CC[C@@H]12.C[C@]12CC[C@@H]3c4ccc(OP(=O)(O)O)cc4CC[C@H]3[C@@H]1CCC2O. The van der Waals surface area contributed by atoms with Crippen molar-refractivity contribution in [2.45, 2.75) is 115 Å². The first-order valence-electron chi connectivity index (χ1n) is 18.0. The van der Waals surface area contributed by atoms with Crippen molar-refractivity contribution in [3.8, 4) is 23.0 Å². The molecule has 2 unspecified atom stereocenters. The number of phenolic OH excluding ortho intramolecular Hbond substituents is 1. The van der Waals surface area contributed by atoms with Gasteiger partial charge in [-0.05, 0) is 158 Å². The Kier molecular flexibility index (Phi) is 8.89. The molecule has 264 valence electrons. The van der Waals surface area contributed by atoms with E-state index in [9.17, 15) is 19.9 Å². The number of methoxy groups -OCH3 is 2. The number of phosphoric ester groups is 1. The second-order valence-electron chi connectivity index (χ2n) is 16.1. The minimum atomic E-state index is -4.51. The van der Waals surface area contributed by atoms with Gasteiger partial charge in [0.15, 0.2) is 11.5 Å². The lowest BCUT2D eigenvalue weighted by Crippen LogP contribution is -2.44. The fraction of sp³-hybridized carbons (Fsp3) is 0.684. The van der Waals surface area contributed by atoms with Crippen LogP contribution >= 0.6 is 7.82 Å². The van der Waals surface area contributed by atoms with Crippen molar-refractivity contribution in [1.29, 1.82) is 0 Å². The van der Waals surface area contributed by atoms with Gasteiger partial charge >= 0.3 is 7.82 Å². The van der Waals surface area contributed by atoms with E-state index in [1.54, 1.807) is 26.4 Å². The molecule has 0 heterocycles. The largest absolute Gasteiger partial charge is 0.524 e. The first-order valence-corrected chi connectivity index (χ1v) is 19.5. The lowest BCUT2D eigenvalue weighted by atomic mass is 9.55. The normalized spacial score (nSPS) is 37.8. The first kappa shape index (κ1) is 34.2. The van der Waals surface area contributed by atoms with E-state index in [0.717, 1.165) is 88.2 Å². The molecule has 0 spiro atoms. The van der Waals surface area contributed by atoms with Crippen LogP contribution in [-0.4, -0.2) is 51.5 Å². The molecular weight excluding hydrogens is 631 g/mol. The molecule has 0 aromatic heterocycles. The number of benzene rings is 2. The predicted molar refractivity (Wildman–Crippen MR) is 182 cm³/mol. The molecule has 0 aliphatic heterocycles. The van der Waals surface area contributed by atoms with Crippen LogP contribution in [0.15, 0.2) is 24.3 Å². The number of hydrogen-bond donors (Lipinski definition) is 5. The molecule has 8 rings (SSSR count). The molecule has 4 fully saturated rings. The van der Waals surface area contributed by atoms with E-state index >= 15 is 0 Å². The molecule has 9 nitrogen and oxygen atoms in total. The van der Waals surface area contributed by atoms with Gasteiger partial charge in [0.1, 0.15) is 5.75 Å². The van der Waals surface area contributed by atoms with Crippen LogP contribution in [0.1, 0.15) is 112 Å². The van der Waals surface area contributed by atoms with Crippen LogP contribution in [-0.2, 0) is 17.4 Å². The summed E-state index contributed by atoms with van der Waals surface area (Å²) in [5, 5.41) is 31.3. The van der Waals surface area contributed by atoms with Crippen LogP contribution in [0, 0.1) is 34.5 Å². The zero-order valence-corrected chi connectivity index (χ0v) is 29.6. The van der Waals surface area contributed by atoms with E-state index in [-0.39, 0.29) is 34.5 Å². The van der Waals surface area contributed by atoms with Gasteiger partial charge in [0.25, 0.3) is 0 Å². The maximum absolute atomic E-state index is 11.0. The summed E-state index contributed by atoms with van der Waals surface area (Å²) in [6.07, 6.45) is 12.2. The van der Waals surface area contributed by atoms with Crippen molar-refractivity contribution in [3.63, 3.8) is 0 Å². The van der Waals surface area contributed by atoms with Gasteiger partial charge in [-0.15, -0.1) is 0 Å². The van der Waals surface area contributed by atoms with Crippen molar-refractivity contribution in [1.82, 2.24) is 0 Å². The molecule has 10 heteroatoms. The zero-order chi connectivity index (χ0) is 34.2. The highest BCUT2D eigenvalue weighted by molar-refractivity contribution is 7.46. The van der Waals surface area contributed by atoms with Crippen molar-refractivity contribution < 1.29 is 43.7 Å². The Morgan fingerprint density at radius 1 is 0.750 bits per heavy atom. The van der Waals surface area contributed by atoms with Gasteiger partial charge in [-0.1, -0.05) is 19.9 Å². The maximum atomic E-state index is 11.0. The summed E-state index contributed by atoms with van der Waals surface area (Å²) in [4.78, 5) is 18.0. The molecule has 0 saturated heterocycles. The molecule has 0 bridgehead atoms. The van der Waals surface area contributed by atoms with Crippen LogP contribution in [0.25, 0.3) is 0 Å². The molecular formula is C38H53O9P. The van der Waals surface area contributed by atoms with Crippen LogP contribution < -0.4 is 14.0 Å². The quantitative estimate of drug-likeness (QED) is 0.215. The zero-order valence-electron chi connectivity index (χ0n) is 28.7. The van der Waals surface area contributed by atoms with Crippen molar-refractivity contribution in [3.05, 3.63) is 46.5 Å². The standard InChI is InChI=1S/C20H28O4.C18H25O5P/c1-20-9-8-11-12(15(20)6-7-17(20)21)4-5-13-14(11)10-16(23-2)18(22)19(13)24-3;1-18-9-8-14-13-5-3-12(23-24(20,21)22)10-11(13)2-4-15(14)16(18)6-7-17(18)19/h10-12,15,17,21-22H,4-9H2,1-3H3;3,5,10,14-17,19H,2,4,6-9H2,1H3,(H2,20,21,22)/t11-,12+,15-,17?,20-;14-,15-,16+,17?,18+/m01/s1. The lowest BCUT2D eigenvalue weighted by Gasteiger charge is -2.50. The molecule has 48 heavy (non-hydrogen) atoms. The highest BCUT2D eigenvalue weighted by Gasteiger charge is 2.56. The molecule has 10 atom stereocenters. The Balaban J connectivity index is 0.000000152. The Morgan fingerprint density at radius 2 is 1.33 bits per heavy atom. The summed E-state index contributed by atoms with van der Waals surface area (Å²) in [6, 6.07) is 7.49. The Morgan fingerprint density at radius 3 is 1.90 bits per heavy atom. The fourth-order valence-corrected chi connectivity index (χ4v) is 12.1. The van der Waals surface area contributed by atoms with Gasteiger partial charge in [0, 0.05) is 5.56 Å². The molecule has 0 amide bonds. The number of hydrogen-bond acceptors (Lipinski definition) is 7. The topological polar surface area (TPSA) is 146 Å². The van der Waals surface area contributed by atoms with Gasteiger partial charge in [-0.25, -0.2) is 4.57 Å². The van der Waals surface area contributed by atoms with E-state index in [2.05, 4.69) is 13.8 Å². The maximum Gasteiger partial charge on any atom is 0.524 e. The number of rotatable bonds is 4. The monoisotopic (exact) mass is 684 g/mol. The predicted octanol–water partition coefficient (Wildman–Crippen LogP) is 7.00. The third-order valence-electron chi connectivity index (χ3n) is 14.2. The molecule has 5 N–H and O–H groups in total. The third kappa shape index (κ3) is 5.56. The number of ether oxygens (including phenoxy) is 2. The van der Waals surface area contributed by atoms with Gasteiger partial charge in [0.2, 0.25) is 5.75 Å². The van der Waals surface area contributed by atoms with Gasteiger partial charge in [0.05, 0.1) is 26.4 Å². The van der Waals surface area contributed by atoms with Crippen molar-refractivity contribution in [2.75, 3.05) is 14.2 Å².